The SMILES string of the molecule is Cc1ccc(C)c(N2CCN[C@H]3CCC[C@@H]32)c1. The van der Waals surface area contributed by atoms with Crippen molar-refractivity contribution < 1.29 is 0 Å². The Morgan fingerprint density at radius 1 is 1.24 bits per heavy atom. The zero-order valence-corrected chi connectivity index (χ0v) is 10.9. The molecule has 0 radical (unpaired) electrons. The predicted octanol–water partition coefficient (Wildman–Crippen LogP) is 2.63. The van der Waals surface area contributed by atoms with Crippen molar-refractivity contribution in [3.05, 3.63) is 29.3 Å². The van der Waals surface area contributed by atoms with E-state index in [1.807, 2.05) is 0 Å². The highest BCUT2D eigenvalue weighted by Gasteiger charge is 2.35. The van der Waals surface area contributed by atoms with Crippen molar-refractivity contribution in [1.82, 2.24) is 5.32 Å². The van der Waals surface area contributed by atoms with Crippen molar-refractivity contribution in [2.24, 2.45) is 0 Å². The molecule has 1 saturated heterocycles. The first-order chi connectivity index (χ1) is 8.25. The van der Waals surface area contributed by atoms with Crippen LogP contribution in [-0.4, -0.2) is 25.2 Å². The number of rotatable bonds is 1. The number of nitrogens with one attached hydrogen (secondary N) is 1. The van der Waals surface area contributed by atoms with Crippen LogP contribution in [-0.2, 0) is 0 Å². The lowest BCUT2D eigenvalue weighted by molar-refractivity contribution is 0.403. The molecule has 1 aromatic carbocycles. The van der Waals surface area contributed by atoms with Gasteiger partial charge in [0.25, 0.3) is 0 Å². The monoisotopic (exact) mass is 230 g/mol. The van der Waals surface area contributed by atoms with E-state index in [4.69, 9.17) is 0 Å². The number of nitrogens with zero attached hydrogens (tertiary/aromatic N) is 1. The van der Waals surface area contributed by atoms with Gasteiger partial charge in [-0.25, -0.2) is 0 Å². The van der Waals surface area contributed by atoms with Gasteiger partial charge in [0.2, 0.25) is 0 Å². The molecular weight excluding hydrogens is 208 g/mol. The van der Waals surface area contributed by atoms with Crippen molar-refractivity contribution >= 4 is 5.69 Å². The first kappa shape index (κ1) is 11.1. The van der Waals surface area contributed by atoms with Crippen LogP contribution in [0.5, 0.6) is 0 Å². The molecule has 1 aliphatic carbocycles. The van der Waals surface area contributed by atoms with Crippen LogP contribution in [0.2, 0.25) is 0 Å². The molecule has 0 spiro atoms. The maximum Gasteiger partial charge on any atom is 0.0443 e. The van der Waals surface area contributed by atoms with Gasteiger partial charge in [-0.15, -0.1) is 0 Å². The minimum absolute atomic E-state index is 0.726. The van der Waals surface area contributed by atoms with Gasteiger partial charge in [-0.2, -0.15) is 0 Å². The lowest BCUT2D eigenvalue weighted by Crippen LogP contribution is -2.55. The van der Waals surface area contributed by atoms with Gasteiger partial charge in [0, 0.05) is 30.9 Å². The van der Waals surface area contributed by atoms with Gasteiger partial charge in [-0.3, -0.25) is 0 Å². The molecule has 2 heteroatoms. The Morgan fingerprint density at radius 2 is 2.12 bits per heavy atom. The van der Waals surface area contributed by atoms with Crippen LogP contribution in [0.3, 0.4) is 0 Å². The second-order valence-electron chi connectivity index (χ2n) is 5.54. The van der Waals surface area contributed by atoms with E-state index in [-0.39, 0.29) is 0 Å². The molecule has 0 aromatic heterocycles. The van der Waals surface area contributed by atoms with Gasteiger partial charge in [0.05, 0.1) is 0 Å². The van der Waals surface area contributed by atoms with Gasteiger partial charge in [0.15, 0.2) is 0 Å². The summed E-state index contributed by atoms with van der Waals surface area (Å²) in [7, 11) is 0. The molecule has 92 valence electrons. The third-order valence-electron chi connectivity index (χ3n) is 4.31. The van der Waals surface area contributed by atoms with Crippen LogP contribution in [0.1, 0.15) is 30.4 Å². The number of hydrogen-bond acceptors (Lipinski definition) is 2. The summed E-state index contributed by atoms with van der Waals surface area (Å²) < 4.78 is 0. The molecule has 2 atom stereocenters. The minimum Gasteiger partial charge on any atom is -0.365 e. The third kappa shape index (κ3) is 1.95. The second kappa shape index (κ2) is 4.34. The Hall–Kier alpha value is -1.02. The number of piperazine rings is 1. The summed E-state index contributed by atoms with van der Waals surface area (Å²) in [6, 6.07) is 8.28. The molecular formula is C15H22N2. The van der Waals surface area contributed by atoms with E-state index < -0.39 is 0 Å². The number of benzene rings is 1. The van der Waals surface area contributed by atoms with Crippen molar-refractivity contribution in [2.75, 3.05) is 18.0 Å². The van der Waals surface area contributed by atoms with E-state index in [9.17, 15) is 0 Å². The van der Waals surface area contributed by atoms with Crippen LogP contribution in [0, 0.1) is 13.8 Å². The smallest absolute Gasteiger partial charge is 0.0443 e. The summed E-state index contributed by atoms with van der Waals surface area (Å²) in [5.41, 5.74) is 4.25. The minimum atomic E-state index is 0.726. The standard InChI is InChI=1S/C15H22N2/c1-11-6-7-12(2)15(10-11)17-9-8-16-13-4-3-5-14(13)17/h6-7,10,13-14,16H,3-5,8-9H2,1-2H3/t13-,14-/m0/s1. The maximum atomic E-state index is 3.67. The van der Waals surface area contributed by atoms with Gasteiger partial charge in [-0.05, 0) is 50.3 Å². The van der Waals surface area contributed by atoms with E-state index in [0.717, 1.165) is 25.2 Å². The highest BCUT2D eigenvalue weighted by Crippen LogP contribution is 2.32. The molecule has 3 rings (SSSR count). The summed E-state index contributed by atoms with van der Waals surface area (Å²) in [6.45, 7) is 6.72. The Bertz CT molecular complexity index is 413. The second-order valence-corrected chi connectivity index (χ2v) is 5.54. The first-order valence-electron chi connectivity index (χ1n) is 6.83. The van der Waals surface area contributed by atoms with E-state index in [0.29, 0.717) is 0 Å². The first-order valence-corrected chi connectivity index (χ1v) is 6.83. The Morgan fingerprint density at radius 3 is 3.00 bits per heavy atom. The van der Waals surface area contributed by atoms with E-state index in [2.05, 4.69) is 42.3 Å². The van der Waals surface area contributed by atoms with Gasteiger partial charge >= 0.3 is 0 Å². The Balaban J connectivity index is 1.94. The molecule has 0 amide bonds. The number of hydrogen-bond donors (Lipinski definition) is 1. The average molecular weight is 230 g/mol. The molecule has 1 N–H and O–H groups in total. The van der Waals surface area contributed by atoms with Crippen LogP contribution in [0.4, 0.5) is 5.69 Å². The number of aryl methyl sites for hydroxylation is 2. The molecule has 0 bridgehead atoms. The summed E-state index contributed by atoms with van der Waals surface area (Å²) in [5, 5.41) is 3.67. The molecule has 0 unspecified atom stereocenters. The zero-order chi connectivity index (χ0) is 11.8. The van der Waals surface area contributed by atoms with Crippen LogP contribution in [0.25, 0.3) is 0 Å². The van der Waals surface area contributed by atoms with Crippen LogP contribution >= 0.6 is 0 Å². The average Bonchev–Trinajstić information content (AvgIpc) is 2.80. The Kier molecular flexibility index (Phi) is 2.83. The third-order valence-corrected chi connectivity index (χ3v) is 4.31. The fourth-order valence-electron chi connectivity index (χ4n) is 3.42. The van der Waals surface area contributed by atoms with Crippen LogP contribution in [0.15, 0.2) is 18.2 Å². The molecule has 17 heavy (non-hydrogen) atoms. The zero-order valence-electron chi connectivity index (χ0n) is 10.9. The van der Waals surface area contributed by atoms with Gasteiger partial charge in [0.1, 0.15) is 0 Å². The van der Waals surface area contributed by atoms with E-state index in [1.165, 1.54) is 36.1 Å². The van der Waals surface area contributed by atoms with Gasteiger partial charge < -0.3 is 10.2 Å². The largest absolute Gasteiger partial charge is 0.365 e. The molecule has 1 aliphatic heterocycles. The topological polar surface area (TPSA) is 15.3 Å². The van der Waals surface area contributed by atoms with Crippen molar-refractivity contribution in [2.45, 2.75) is 45.2 Å². The molecule has 2 fully saturated rings. The molecule has 1 aromatic rings. The summed E-state index contributed by atoms with van der Waals surface area (Å²) in [4.78, 5) is 2.65. The maximum absolute atomic E-state index is 3.67. The molecule has 1 saturated carbocycles. The lowest BCUT2D eigenvalue weighted by Gasteiger charge is -2.41. The molecule has 2 nitrogen and oxygen atoms in total. The van der Waals surface area contributed by atoms with Gasteiger partial charge in [-0.1, -0.05) is 12.1 Å². The summed E-state index contributed by atoms with van der Waals surface area (Å²) in [6.07, 6.45) is 4.08. The molecule has 1 heterocycles. The number of anilines is 1. The molecule has 2 aliphatic rings. The fourth-order valence-corrected chi connectivity index (χ4v) is 3.42. The summed E-state index contributed by atoms with van der Waals surface area (Å²) in [5.74, 6) is 0. The summed E-state index contributed by atoms with van der Waals surface area (Å²) >= 11 is 0. The Labute approximate surface area is 104 Å². The van der Waals surface area contributed by atoms with E-state index >= 15 is 0 Å². The van der Waals surface area contributed by atoms with E-state index in [1.54, 1.807) is 0 Å². The fraction of sp³-hybridized carbons (Fsp3) is 0.600. The normalized spacial score (nSPS) is 28.2. The highest BCUT2D eigenvalue weighted by atomic mass is 15.2. The van der Waals surface area contributed by atoms with Crippen molar-refractivity contribution in [1.29, 1.82) is 0 Å². The highest BCUT2D eigenvalue weighted by molar-refractivity contribution is 5.56. The number of fused-ring (bicyclic) bond motifs is 1. The van der Waals surface area contributed by atoms with Crippen molar-refractivity contribution in [3.8, 4) is 0 Å². The lowest BCUT2D eigenvalue weighted by atomic mass is 10.0. The van der Waals surface area contributed by atoms with Crippen LogP contribution < -0.4 is 10.2 Å². The predicted molar refractivity (Wildman–Crippen MR) is 72.7 cm³/mol. The van der Waals surface area contributed by atoms with Crippen molar-refractivity contribution in [3.63, 3.8) is 0 Å². The quantitative estimate of drug-likeness (QED) is 0.798.